The van der Waals surface area contributed by atoms with E-state index in [9.17, 15) is 0 Å². The summed E-state index contributed by atoms with van der Waals surface area (Å²) in [5.74, 6) is 5.27. The van der Waals surface area contributed by atoms with E-state index in [2.05, 4.69) is 85.2 Å². The fourth-order valence-electron chi connectivity index (χ4n) is 6.61. The number of piperidine rings is 1. The molecule has 3 aliphatic rings. The lowest BCUT2D eigenvalue weighted by Crippen LogP contribution is -2.43. The molecule has 3 heteroatoms. The van der Waals surface area contributed by atoms with Crippen molar-refractivity contribution in [3.05, 3.63) is 77.0 Å². The lowest BCUT2D eigenvalue weighted by Gasteiger charge is -2.48. The van der Waals surface area contributed by atoms with Crippen molar-refractivity contribution in [1.29, 1.82) is 0 Å². The third-order valence-electron chi connectivity index (χ3n) is 8.71. The Morgan fingerprint density at radius 1 is 1.09 bits per heavy atom. The molecule has 1 N–H and O–H groups in total. The fraction of sp³-hybridized carbons (Fsp3) is 0.500. The topological polar surface area (TPSA) is 15.3 Å². The van der Waals surface area contributed by atoms with Crippen LogP contribution in [0.1, 0.15) is 61.3 Å². The zero-order valence-corrected chi connectivity index (χ0v) is 21.6. The SMILES string of the molecule is C=C1Nc2ccc(C)cc2C12CCN(CCCc1ccc(C3(S(=C)C)CC(C)C3)cc1)CC2. The van der Waals surface area contributed by atoms with Crippen LogP contribution >= 0.6 is 10.5 Å². The molecule has 0 amide bonds. The van der Waals surface area contributed by atoms with Gasteiger partial charge in [0.25, 0.3) is 0 Å². The summed E-state index contributed by atoms with van der Waals surface area (Å²) in [6.45, 7) is 12.5. The summed E-state index contributed by atoms with van der Waals surface area (Å²) in [5.41, 5.74) is 8.44. The van der Waals surface area contributed by atoms with Gasteiger partial charge in [0.15, 0.2) is 0 Å². The van der Waals surface area contributed by atoms with Crippen molar-refractivity contribution >= 4 is 22.0 Å². The third kappa shape index (κ3) is 4.02. The van der Waals surface area contributed by atoms with Crippen molar-refractivity contribution in [3.63, 3.8) is 0 Å². The number of rotatable bonds is 6. The first-order valence-corrected chi connectivity index (χ1v) is 14.5. The molecule has 1 saturated heterocycles. The van der Waals surface area contributed by atoms with Gasteiger partial charge in [-0.05, 0) is 100 Å². The van der Waals surface area contributed by atoms with Gasteiger partial charge in [-0.25, -0.2) is 0 Å². The van der Waals surface area contributed by atoms with E-state index in [0.29, 0.717) is 4.75 Å². The number of nitrogens with zero attached hydrogens (tertiary/aromatic N) is 1. The van der Waals surface area contributed by atoms with Crippen LogP contribution < -0.4 is 5.32 Å². The van der Waals surface area contributed by atoms with Gasteiger partial charge in [-0.3, -0.25) is 0 Å². The second kappa shape index (κ2) is 8.74. The van der Waals surface area contributed by atoms with Crippen LogP contribution in [0.25, 0.3) is 0 Å². The first-order valence-electron chi connectivity index (χ1n) is 12.7. The fourth-order valence-corrected chi connectivity index (χ4v) is 8.28. The average molecular weight is 461 g/mol. The van der Waals surface area contributed by atoms with Gasteiger partial charge >= 0.3 is 0 Å². The Kier molecular flexibility index (Phi) is 6.07. The highest BCUT2D eigenvalue weighted by molar-refractivity contribution is 8.14. The quantitative estimate of drug-likeness (QED) is 0.474. The Morgan fingerprint density at radius 2 is 1.79 bits per heavy atom. The van der Waals surface area contributed by atoms with Crippen molar-refractivity contribution in [2.45, 2.75) is 62.5 Å². The predicted molar refractivity (Wildman–Crippen MR) is 147 cm³/mol. The monoisotopic (exact) mass is 460 g/mol. The number of allylic oxidation sites excluding steroid dienone is 1. The molecule has 2 aromatic carbocycles. The summed E-state index contributed by atoms with van der Waals surface area (Å²) in [7, 11) is 0.192. The van der Waals surface area contributed by atoms with Gasteiger partial charge < -0.3 is 10.2 Å². The minimum Gasteiger partial charge on any atom is -0.358 e. The van der Waals surface area contributed by atoms with Crippen LogP contribution in [-0.2, 0) is 16.6 Å². The summed E-state index contributed by atoms with van der Waals surface area (Å²) in [6, 6.07) is 16.4. The Hall–Kier alpha value is -1.84. The van der Waals surface area contributed by atoms with Gasteiger partial charge in [-0.15, -0.1) is 0 Å². The van der Waals surface area contributed by atoms with Gasteiger partial charge in [0.05, 0.1) is 0 Å². The van der Waals surface area contributed by atoms with E-state index in [4.69, 9.17) is 0 Å². The van der Waals surface area contributed by atoms with E-state index < -0.39 is 0 Å². The number of hydrogen-bond acceptors (Lipinski definition) is 2. The molecule has 2 aromatic rings. The van der Waals surface area contributed by atoms with Gasteiger partial charge in [0.2, 0.25) is 0 Å². The number of fused-ring (bicyclic) bond motifs is 2. The molecule has 1 unspecified atom stereocenters. The zero-order chi connectivity index (χ0) is 23.2. The molecule has 2 aliphatic heterocycles. The summed E-state index contributed by atoms with van der Waals surface area (Å²) in [6.07, 6.45) is 9.68. The minimum atomic E-state index is 0.134. The smallest absolute Gasteiger partial charge is 0.0424 e. The van der Waals surface area contributed by atoms with E-state index >= 15 is 0 Å². The summed E-state index contributed by atoms with van der Waals surface area (Å²) >= 11 is 0. The van der Waals surface area contributed by atoms with Crippen molar-refractivity contribution in [3.8, 4) is 0 Å². The van der Waals surface area contributed by atoms with Gasteiger partial charge in [-0.2, -0.15) is 10.5 Å². The third-order valence-corrected chi connectivity index (χ3v) is 10.6. The molecule has 0 bridgehead atoms. The number of aryl methyl sites for hydroxylation is 2. The van der Waals surface area contributed by atoms with Crippen molar-refractivity contribution in [2.75, 3.05) is 31.2 Å². The molecule has 2 nitrogen and oxygen atoms in total. The Balaban J connectivity index is 1.14. The molecule has 0 aromatic heterocycles. The molecule has 1 atom stereocenters. The Labute approximate surface area is 203 Å². The number of nitrogens with one attached hydrogen (secondary N) is 1. The standard InChI is InChI=1S/C30H40N2S/c1-22-8-13-28-27(19-22)29(24(3)31-28)14-17-32(18-15-29)16-6-7-25-9-11-26(12-10-25)30(33(4)5)20-23(2)21-30/h8-13,19,23,31H,3-4,6-7,14-18,20-21H2,1-2,5H3. The summed E-state index contributed by atoms with van der Waals surface area (Å²) in [4.78, 5) is 2.66. The van der Waals surface area contributed by atoms with E-state index in [0.717, 1.165) is 19.0 Å². The molecule has 176 valence electrons. The molecule has 5 rings (SSSR count). The highest BCUT2D eigenvalue weighted by atomic mass is 32.2. The van der Waals surface area contributed by atoms with Crippen molar-refractivity contribution in [1.82, 2.24) is 4.90 Å². The molecular weight excluding hydrogens is 420 g/mol. The first kappa shape index (κ1) is 22.9. The molecule has 1 saturated carbocycles. The maximum Gasteiger partial charge on any atom is 0.0424 e. The summed E-state index contributed by atoms with van der Waals surface area (Å²) in [5, 5.41) is 3.58. The molecule has 1 aliphatic carbocycles. The summed E-state index contributed by atoms with van der Waals surface area (Å²) < 4.78 is 0.345. The molecule has 1 spiro atoms. The number of hydrogen-bond donors (Lipinski definition) is 1. The lowest BCUT2D eigenvalue weighted by molar-refractivity contribution is 0.179. The molecular formula is C30H40N2S. The van der Waals surface area contributed by atoms with Crippen LogP contribution in [0, 0.1) is 12.8 Å². The Bertz CT molecular complexity index is 1050. The molecule has 0 radical (unpaired) electrons. The van der Waals surface area contributed by atoms with Gasteiger partial charge in [0, 0.05) is 21.5 Å². The van der Waals surface area contributed by atoms with Crippen LogP contribution in [0.2, 0.25) is 0 Å². The zero-order valence-electron chi connectivity index (χ0n) is 20.8. The van der Waals surface area contributed by atoms with E-state index in [1.165, 1.54) is 78.7 Å². The Morgan fingerprint density at radius 3 is 2.42 bits per heavy atom. The second-order valence-electron chi connectivity index (χ2n) is 11.0. The maximum atomic E-state index is 4.43. The minimum absolute atomic E-state index is 0.134. The normalized spacial score (nSPS) is 27.1. The van der Waals surface area contributed by atoms with Crippen molar-refractivity contribution < 1.29 is 0 Å². The first-order chi connectivity index (χ1) is 15.8. The molecule has 33 heavy (non-hydrogen) atoms. The van der Waals surface area contributed by atoms with Crippen LogP contribution in [0.4, 0.5) is 5.69 Å². The van der Waals surface area contributed by atoms with Gasteiger partial charge in [0.1, 0.15) is 0 Å². The number of anilines is 1. The van der Waals surface area contributed by atoms with Crippen LogP contribution in [0.3, 0.4) is 0 Å². The molecule has 2 fully saturated rings. The average Bonchev–Trinajstić information content (AvgIpc) is 3.04. The largest absolute Gasteiger partial charge is 0.358 e. The predicted octanol–water partition coefficient (Wildman–Crippen LogP) is 6.86. The van der Waals surface area contributed by atoms with Crippen molar-refractivity contribution in [2.24, 2.45) is 5.92 Å². The molecule has 2 heterocycles. The second-order valence-corrected chi connectivity index (χ2v) is 13.1. The lowest BCUT2D eigenvalue weighted by atomic mass is 9.71. The number of benzene rings is 2. The van der Waals surface area contributed by atoms with Gasteiger partial charge in [-0.1, -0.05) is 61.3 Å². The van der Waals surface area contributed by atoms with Crippen LogP contribution in [0.5, 0.6) is 0 Å². The highest BCUT2D eigenvalue weighted by Gasteiger charge is 2.45. The van der Waals surface area contributed by atoms with Crippen LogP contribution in [0.15, 0.2) is 54.7 Å². The van der Waals surface area contributed by atoms with Crippen LogP contribution in [-0.4, -0.2) is 36.7 Å². The van der Waals surface area contributed by atoms with E-state index in [-0.39, 0.29) is 15.9 Å². The maximum absolute atomic E-state index is 4.43. The highest BCUT2D eigenvalue weighted by Crippen LogP contribution is 2.56. The van der Waals surface area contributed by atoms with E-state index in [1.807, 2.05) is 0 Å². The number of likely N-dealkylation sites (tertiary alicyclic amines) is 1. The van der Waals surface area contributed by atoms with E-state index in [1.54, 1.807) is 0 Å².